The molecule has 0 spiro atoms. The third-order valence-corrected chi connectivity index (χ3v) is 2.46. The number of nitrogens with one attached hydrogen (secondary N) is 2. The van der Waals surface area contributed by atoms with Gasteiger partial charge in [0.1, 0.15) is 18.6 Å². The van der Waals surface area contributed by atoms with Gasteiger partial charge in [0.05, 0.1) is 7.11 Å². The Kier molecular flexibility index (Phi) is 24.5. The molecule has 0 saturated heterocycles. The molecule has 162 valence electrons. The summed E-state index contributed by atoms with van der Waals surface area (Å²) in [6.45, 7) is 7.86. The normalized spacial score (nSPS) is 8.71. The van der Waals surface area contributed by atoms with Gasteiger partial charge < -0.3 is 25.3 Å². The van der Waals surface area contributed by atoms with E-state index in [2.05, 4.69) is 36.1 Å². The van der Waals surface area contributed by atoms with Crippen molar-refractivity contribution in [2.75, 3.05) is 27.7 Å². The SMILES string of the molecule is CC(C)C.CC=O.CNC.COC(=O)CNC(=O)CCCc1ccc(O)cc1. The summed E-state index contributed by atoms with van der Waals surface area (Å²) in [4.78, 5) is 30.9. The van der Waals surface area contributed by atoms with Crippen molar-refractivity contribution in [3.8, 4) is 5.75 Å². The average molecular weight is 399 g/mol. The summed E-state index contributed by atoms with van der Waals surface area (Å²) in [5.41, 5.74) is 1.06. The maximum atomic E-state index is 11.3. The first kappa shape index (κ1) is 30.3. The second-order valence-corrected chi connectivity index (χ2v) is 6.34. The zero-order chi connectivity index (χ0) is 22.4. The van der Waals surface area contributed by atoms with E-state index in [0.717, 1.165) is 24.2 Å². The van der Waals surface area contributed by atoms with Gasteiger partial charge in [0, 0.05) is 6.42 Å². The van der Waals surface area contributed by atoms with Crippen LogP contribution in [0.15, 0.2) is 24.3 Å². The molecule has 0 aliphatic rings. The number of benzene rings is 1. The van der Waals surface area contributed by atoms with Crippen LogP contribution in [0.5, 0.6) is 5.75 Å². The molecule has 0 atom stereocenters. The van der Waals surface area contributed by atoms with E-state index in [-0.39, 0.29) is 18.2 Å². The fourth-order valence-corrected chi connectivity index (χ4v) is 1.45. The van der Waals surface area contributed by atoms with E-state index in [9.17, 15) is 9.59 Å². The van der Waals surface area contributed by atoms with Crippen LogP contribution in [-0.4, -0.2) is 51.0 Å². The lowest BCUT2D eigenvalue weighted by atomic mass is 10.1. The monoisotopic (exact) mass is 398 g/mol. The Balaban J connectivity index is -0.000000521. The quantitative estimate of drug-likeness (QED) is 0.503. The highest BCUT2D eigenvalue weighted by molar-refractivity contribution is 5.81. The lowest BCUT2D eigenvalue weighted by Crippen LogP contribution is -2.29. The van der Waals surface area contributed by atoms with Gasteiger partial charge in [0.15, 0.2) is 0 Å². The molecular formula is C21H38N2O5. The number of aldehydes is 1. The molecule has 28 heavy (non-hydrogen) atoms. The number of phenols is 1. The molecule has 7 nitrogen and oxygen atoms in total. The van der Waals surface area contributed by atoms with Crippen molar-refractivity contribution >= 4 is 18.2 Å². The van der Waals surface area contributed by atoms with Crippen molar-refractivity contribution in [2.24, 2.45) is 5.92 Å². The molecule has 0 heterocycles. The molecule has 3 N–H and O–H groups in total. The summed E-state index contributed by atoms with van der Waals surface area (Å²) in [5, 5.41) is 14.3. The number of carbonyl (C=O) groups is 3. The first-order valence-corrected chi connectivity index (χ1v) is 9.27. The second-order valence-electron chi connectivity index (χ2n) is 6.34. The van der Waals surface area contributed by atoms with Crippen molar-refractivity contribution in [3.05, 3.63) is 29.8 Å². The standard InChI is InChI=1S/C13H17NO4.C4H10.C2H7N.C2H4O/c1-18-13(17)9-14-12(16)4-2-3-10-5-7-11(15)8-6-10;1-4(2)3;1-3-2;1-2-3/h5-8,15H,2-4,9H2,1H3,(H,14,16);4H,1-3H3;3H,1-2H3;2H,1H3. The number of amides is 1. The van der Waals surface area contributed by atoms with E-state index < -0.39 is 5.97 Å². The van der Waals surface area contributed by atoms with Crippen LogP contribution in [0.1, 0.15) is 46.1 Å². The average Bonchev–Trinajstić information content (AvgIpc) is 2.62. The summed E-state index contributed by atoms with van der Waals surface area (Å²) in [6.07, 6.45) is 2.56. The van der Waals surface area contributed by atoms with Crippen LogP contribution < -0.4 is 10.6 Å². The molecule has 0 saturated carbocycles. The van der Waals surface area contributed by atoms with Crippen molar-refractivity contribution in [3.63, 3.8) is 0 Å². The molecule has 7 heteroatoms. The molecule has 0 aliphatic carbocycles. The molecule has 0 unspecified atom stereocenters. The summed E-state index contributed by atoms with van der Waals surface area (Å²) in [5.74, 6) is 0.440. The van der Waals surface area contributed by atoms with Gasteiger partial charge in [-0.3, -0.25) is 9.59 Å². The number of rotatable bonds is 6. The van der Waals surface area contributed by atoms with Gasteiger partial charge in [0.25, 0.3) is 0 Å². The van der Waals surface area contributed by atoms with Gasteiger partial charge in [-0.05, 0) is 57.5 Å². The van der Waals surface area contributed by atoms with Crippen molar-refractivity contribution in [2.45, 2.75) is 47.0 Å². The fraction of sp³-hybridized carbons (Fsp3) is 0.571. The molecule has 0 bridgehead atoms. The third-order valence-electron chi connectivity index (χ3n) is 2.46. The molecule has 0 aromatic heterocycles. The minimum Gasteiger partial charge on any atom is -0.508 e. The van der Waals surface area contributed by atoms with Crippen LogP contribution in [0, 0.1) is 5.92 Å². The number of aromatic hydroxyl groups is 1. The van der Waals surface area contributed by atoms with E-state index in [1.165, 1.54) is 14.0 Å². The highest BCUT2D eigenvalue weighted by atomic mass is 16.5. The maximum Gasteiger partial charge on any atom is 0.325 e. The van der Waals surface area contributed by atoms with Crippen LogP contribution >= 0.6 is 0 Å². The Morgan fingerprint density at radius 1 is 1.14 bits per heavy atom. The predicted octanol–water partition coefficient (Wildman–Crippen LogP) is 2.71. The van der Waals surface area contributed by atoms with Crippen LogP contribution in [-0.2, 0) is 25.5 Å². The number of phenolic OH excluding ortho intramolecular Hbond substituents is 1. The van der Waals surface area contributed by atoms with Crippen molar-refractivity contribution < 1.29 is 24.2 Å². The minimum absolute atomic E-state index is 0.0887. The fourth-order valence-electron chi connectivity index (χ4n) is 1.45. The highest BCUT2D eigenvalue weighted by Crippen LogP contribution is 2.11. The van der Waals surface area contributed by atoms with Gasteiger partial charge >= 0.3 is 5.97 Å². The zero-order valence-corrected chi connectivity index (χ0v) is 18.4. The second kappa shape index (κ2) is 22.6. The molecule has 0 aliphatic heterocycles. The summed E-state index contributed by atoms with van der Waals surface area (Å²) in [7, 11) is 5.03. The van der Waals surface area contributed by atoms with Crippen LogP contribution in [0.25, 0.3) is 0 Å². The lowest BCUT2D eigenvalue weighted by molar-refractivity contribution is -0.141. The van der Waals surface area contributed by atoms with E-state index in [0.29, 0.717) is 12.8 Å². The molecule has 1 aromatic rings. The third kappa shape index (κ3) is 28.4. The summed E-state index contributed by atoms with van der Waals surface area (Å²) < 4.78 is 4.41. The Bertz CT molecular complexity index is 499. The highest BCUT2D eigenvalue weighted by Gasteiger charge is 2.05. The number of methoxy groups -OCH3 is 1. The predicted molar refractivity (Wildman–Crippen MR) is 113 cm³/mol. The number of esters is 1. The Morgan fingerprint density at radius 3 is 1.96 bits per heavy atom. The largest absolute Gasteiger partial charge is 0.508 e. The van der Waals surface area contributed by atoms with E-state index >= 15 is 0 Å². The Morgan fingerprint density at radius 2 is 1.57 bits per heavy atom. The van der Waals surface area contributed by atoms with Gasteiger partial charge in [0.2, 0.25) is 5.91 Å². The van der Waals surface area contributed by atoms with Crippen LogP contribution in [0.4, 0.5) is 0 Å². The number of carbonyl (C=O) groups excluding carboxylic acids is 3. The van der Waals surface area contributed by atoms with Gasteiger partial charge in [-0.2, -0.15) is 0 Å². The zero-order valence-electron chi connectivity index (χ0n) is 18.4. The molecular weight excluding hydrogens is 360 g/mol. The van der Waals surface area contributed by atoms with Gasteiger partial charge in [-0.15, -0.1) is 0 Å². The summed E-state index contributed by atoms with van der Waals surface area (Å²) in [6, 6.07) is 6.88. The van der Waals surface area contributed by atoms with Gasteiger partial charge in [-0.25, -0.2) is 0 Å². The van der Waals surface area contributed by atoms with E-state index in [1.807, 2.05) is 26.2 Å². The molecule has 1 aromatic carbocycles. The Labute approximate surface area is 169 Å². The first-order valence-electron chi connectivity index (χ1n) is 9.27. The topological polar surface area (TPSA) is 105 Å². The number of ether oxygens (including phenoxy) is 1. The molecule has 1 rings (SSSR count). The maximum absolute atomic E-state index is 11.3. The number of aryl methyl sites for hydroxylation is 1. The van der Waals surface area contributed by atoms with Crippen LogP contribution in [0.3, 0.4) is 0 Å². The molecule has 0 fully saturated rings. The molecule has 0 radical (unpaired) electrons. The summed E-state index contributed by atoms with van der Waals surface area (Å²) >= 11 is 0. The Hall–Kier alpha value is -2.41. The smallest absolute Gasteiger partial charge is 0.325 e. The van der Waals surface area contributed by atoms with Gasteiger partial charge in [-0.1, -0.05) is 32.9 Å². The number of hydrogen-bond acceptors (Lipinski definition) is 6. The van der Waals surface area contributed by atoms with E-state index in [1.54, 1.807) is 12.1 Å². The number of hydrogen-bond donors (Lipinski definition) is 3. The lowest BCUT2D eigenvalue weighted by Gasteiger charge is -2.04. The molecule has 1 amide bonds. The van der Waals surface area contributed by atoms with Crippen molar-refractivity contribution in [1.82, 2.24) is 10.6 Å². The first-order chi connectivity index (χ1) is 13.2. The van der Waals surface area contributed by atoms with Crippen LogP contribution in [0.2, 0.25) is 0 Å². The van der Waals surface area contributed by atoms with Crippen molar-refractivity contribution in [1.29, 1.82) is 0 Å². The van der Waals surface area contributed by atoms with E-state index in [4.69, 9.17) is 9.90 Å². The minimum atomic E-state index is -0.457.